The molecule has 0 bridgehead atoms. The van der Waals surface area contributed by atoms with Gasteiger partial charge in [0.15, 0.2) is 0 Å². The lowest BCUT2D eigenvalue weighted by atomic mass is 10.0. The fraction of sp³-hybridized carbons (Fsp3) is 0.500. The standard InChI is InChI=1S/C44H54N10O8S/c1-50(2)43(59)35-24-29-25-46-44(49-40(29)54(35)30-6-3-4-7-30)47-37-12-10-31(26-45-37)51-14-16-52(17-15-51)39(56)28-62-21-20-60-18-19-61-22-23-63-36-9-5-8-32-33(36)27-53(42(32)58)34-11-13-38(55)48-41(34)57/h5,8-10,12,24-26,30,34H,3-4,6-7,11,13-23,27-28H2,1-2H3,(H,48,55,57)(H,45,46,47,49). The molecule has 0 spiro atoms. The van der Waals surface area contributed by atoms with E-state index in [1.807, 2.05) is 35.2 Å². The van der Waals surface area contributed by atoms with Gasteiger partial charge in [-0.05, 0) is 55.2 Å². The van der Waals surface area contributed by atoms with Gasteiger partial charge in [0.2, 0.25) is 23.7 Å². The number of carbonyl (C=O) groups is 5. The first-order valence-corrected chi connectivity index (χ1v) is 22.6. The third-order valence-corrected chi connectivity index (χ3v) is 12.9. The van der Waals surface area contributed by atoms with Crippen LogP contribution in [0.1, 0.15) is 71.0 Å². The molecule has 1 aromatic carbocycles. The van der Waals surface area contributed by atoms with Crippen molar-refractivity contribution in [3.8, 4) is 0 Å². The summed E-state index contributed by atoms with van der Waals surface area (Å²) in [6.07, 6.45) is 8.42. The molecule has 1 saturated carbocycles. The Bertz CT molecular complexity index is 2310. The highest BCUT2D eigenvalue weighted by Crippen LogP contribution is 2.36. The molecule has 3 aliphatic heterocycles. The molecule has 1 atom stereocenters. The molecule has 3 fully saturated rings. The summed E-state index contributed by atoms with van der Waals surface area (Å²) in [4.78, 5) is 85.1. The van der Waals surface area contributed by atoms with E-state index in [-0.39, 0.29) is 42.7 Å². The number of piperazine rings is 1. The number of pyridine rings is 1. The van der Waals surface area contributed by atoms with Gasteiger partial charge in [-0.3, -0.25) is 29.3 Å². The molecule has 6 heterocycles. The summed E-state index contributed by atoms with van der Waals surface area (Å²) < 4.78 is 19.1. The second kappa shape index (κ2) is 20.3. The van der Waals surface area contributed by atoms with E-state index in [1.165, 1.54) is 0 Å². The molecule has 1 unspecified atom stereocenters. The number of imide groups is 1. The Morgan fingerprint density at radius 1 is 0.905 bits per heavy atom. The van der Waals surface area contributed by atoms with Crippen molar-refractivity contribution < 1.29 is 38.2 Å². The molecule has 334 valence electrons. The van der Waals surface area contributed by atoms with Gasteiger partial charge in [0, 0.05) is 87.1 Å². The van der Waals surface area contributed by atoms with Crippen LogP contribution in [-0.4, -0.2) is 155 Å². The lowest BCUT2D eigenvalue weighted by molar-refractivity contribution is -0.138. The van der Waals surface area contributed by atoms with Crippen LogP contribution in [0.4, 0.5) is 17.5 Å². The van der Waals surface area contributed by atoms with E-state index < -0.39 is 11.9 Å². The number of aromatic nitrogens is 4. The van der Waals surface area contributed by atoms with E-state index in [0.717, 1.165) is 52.9 Å². The number of amides is 5. The second-order valence-corrected chi connectivity index (χ2v) is 17.3. The summed E-state index contributed by atoms with van der Waals surface area (Å²) in [5.41, 5.74) is 3.84. The molecule has 18 nitrogen and oxygen atoms in total. The first-order chi connectivity index (χ1) is 30.6. The maximum atomic E-state index is 13.1. The zero-order valence-electron chi connectivity index (χ0n) is 35.8. The smallest absolute Gasteiger partial charge is 0.270 e. The minimum Gasteiger partial charge on any atom is -0.378 e. The number of carbonyl (C=O) groups excluding carboxylic acids is 5. The number of fused-ring (bicyclic) bond motifs is 2. The van der Waals surface area contributed by atoms with Gasteiger partial charge < -0.3 is 43.7 Å². The maximum Gasteiger partial charge on any atom is 0.270 e. The molecular weight excluding hydrogens is 829 g/mol. The van der Waals surface area contributed by atoms with Crippen LogP contribution >= 0.6 is 11.8 Å². The summed E-state index contributed by atoms with van der Waals surface area (Å²) in [5.74, 6) is 0.690. The predicted octanol–water partition coefficient (Wildman–Crippen LogP) is 3.64. The van der Waals surface area contributed by atoms with Gasteiger partial charge in [-0.15, -0.1) is 11.8 Å². The molecule has 5 amide bonds. The topological polar surface area (TPSA) is 194 Å². The number of piperidine rings is 1. The number of anilines is 3. The average Bonchev–Trinajstić information content (AvgIpc) is 4.04. The molecule has 4 aromatic rings. The highest BCUT2D eigenvalue weighted by molar-refractivity contribution is 7.99. The second-order valence-electron chi connectivity index (χ2n) is 16.2. The molecule has 8 rings (SSSR count). The van der Waals surface area contributed by atoms with Crippen molar-refractivity contribution in [1.29, 1.82) is 0 Å². The van der Waals surface area contributed by atoms with Crippen molar-refractivity contribution >= 4 is 69.8 Å². The first-order valence-electron chi connectivity index (χ1n) is 21.6. The molecule has 2 N–H and O–H groups in total. The summed E-state index contributed by atoms with van der Waals surface area (Å²) in [6.45, 7) is 4.77. The van der Waals surface area contributed by atoms with Crippen molar-refractivity contribution in [2.75, 3.05) is 95.9 Å². The van der Waals surface area contributed by atoms with E-state index in [0.29, 0.717) is 101 Å². The van der Waals surface area contributed by atoms with Gasteiger partial charge in [0.25, 0.3) is 11.8 Å². The van der Waals surface area contributed by atoms with Crippen molar-refractivity contribution in [3.63, 3.8) is 0 Å². The fourth-order valence-electron chi connectivity index (χ4n) is 8.56. The van der Waals surface area contributed by atoms with Gasteiger partial charge in [-0.25, -0.2) is 9.97 Å². The van der Waals surface area contributed by atoms with Gasteiger partial charge in [0.05, 0.1) is 44.9 Å². The highest BCUT2D eigenvalue weighted by Gasteiger charge is 2.40. The van der Waals surface area contributed by atoms with Crippen LogP contribution < -0.4 is 15.5 Å². The van der Waals surface area contributed by atoms with Crippen LogP contribution in [0.25, 0.3) is 11.0 Å². The number of ether oxygens (including phenoxy) is 3. The van der Waals surface area contributed by atoms with Gasteiger partial charge in [-0.2, -0.15) is 4.98 Å². The lowest BCUT2D eigenvalue weighted by Crippen LogP contribution is -2.52. The Morgan fingerprint density at radius 3 is 2.40 bits per heavy atom. The number of hydrogen-bond donors (Lipinski definition) is 2. The molecule has 19 heteroatoms. The van der Waals surface area contributed by atoms with Gasteiger partial charge in [0.1, 0.15) is 29.8 Å². The minimum atomic E-state index is -0.638. The zero-order chi connectivity index (χ0) is 43.9. The van der Waals surface area contributed by atoms with Crippen LogP contribution in [-0.2, 0) is 35.1 Å². The Kier molecular flexibility index (Phi) is 14.1. The van der Waals surface area contributed by atoms with Crippen molar-refractivity contribution in [2.24, 2.45) is 0 Å². The summed E-state index contributed by atoms with van der Waals surface area (Å²) in [7, 11) is 3.53. The molecule has 1 aliphatic carbocycles. The van der Waals surface area contributed by atoms with E-state index in [4.69, 9.17) is 19.2 Å². The average molecular weight is 883 g/mol. The van der Waals surface area contributed by atoms with Crippen LogP contribution in [0.2, 0.25) is 0 Å². The molecule has 4 aliphatic rings. The molecular formula is C44H54N10O8S. The van der Waals surface area contributed by atoms with E-state index in [2.05, 4.69) is 30.1 Å². The van der Waals surface area contributed by atoms with E-state index in [1.54, 1.807) is 54.1 Å². The minimum absolute atomic E-state index is 0.00834. The number of rotatable bonds is 18. The Morgan fingerprint density at radius 2 is 1.67 bits per heavy atom. The lowest BCUT2D eigenvalue weighted by Gasteiger charge is -2.36. The van der Waals surface area contributed by atoms with Gasteiger partial charge >= 0.3 is 0 Å². The van der Waals surface area contributed by atoms with Crippen molar-refractivity contribution in [3.05, 3.63) is 65.6 Å². The number of nitrogens with one attached hydrogen (secondary N) is 2. The quantitative estimate of drug-likeness (QED) is 0.0836. The maximum absolute atomic E-state index is 13.1. The summed E-state index contributed by atoms with van der Waals surface area (Å²) in [6, 6.07) is 11.0. The molecule has 63 heavy (non-hydrogen) atoms. The van der Waals surface area contributed by atoms with Crippen LogP contribution in [0.5, 0.6) is 0 Å². The Hall–Kier alpha value is -5.63. The highest BCUT2D eigenvalue weighted by atomic mass is 32.2. The first kappa shape index (κ1) is 44.0. The summed E-state index contributed by atoms with van der Waals surface area (Å²) in [5, 5.41) is 6.40. The van der Waals surface area contributed by atoms with Crippen LogP contribution in [0.3, 0.4) is 0 Å². The zero-order valence-corrected chi connectivity index (χ0v) is 36.6. The van der Waals surface area contributed by atoms with E-state index >= 15 is 0 Å². The van der Waals surface area contributed by atoms with Gasteiger partial charge in [-0.1, -0.05) is 18.9 Å². The molecule has 2 saturated heterocycles. The van der Waals surface area contributed by atoms with Crippen LogP contribution in [0.15, 0.2) is 53.7 Å². The third-order valence-electron chi connectivity index (χ3n) is 11.9. The third kappa shape index (κ3) is 10.3. The largest absolute Gasteiger partial charge is 0.378 e. The van der Waals surface area contributed by atoms with Crippen LogP contribution in [0, 0.1) is 0 Å². The predicted molar refractivity (Wildman–Crippen MR) is 235 cm³/mol. The van der Waals surface area contributed by atoms with Crippen molar-refractivity contribution in [2.45, 2.75) is 62.0 Å². The fourth-order valence-corrected chi connectivity index (χ4v) is 9.51. The Balaban J connectivity index is 0.691. The molecule has 3 aromatic heterocycles. The molecule has 0 radical (unpaired) electrons. The summed E-state index contributed by atoms with van der Waals surface area (Å²) >= 11 is 1.60. The monoisotopic (exact) mass is 882 g/mol. The number of thioether (sulfide) groups is 1. The number of hydrogen-bond acceptors (Lipinski definition) is 14. The van der Waals surface area contributed by atoms with E-state index in [9.17, 15) is 24.0 Å². The Labute approximate surface area is 370 Å². The number of benzene rings is 1. The normalized spacial score (nSPS) is 18.0. The SMILES string of the molecule is CN(C)C(=O)c1cc2cnc(Nc3ccc(N4CCN(C(=O)COCCOCCOCCSc5cccc6c5CN(C5CCC(=O)NC5=O)C6=O)CC4)cn3)nc2n1C1CCCC1. The van der Waals surface area contributed by atoms with Crippen molar-refractivity contribution in [1.82, 2.24) is 39.5 Å². The number of nitrogens with zero attached hydrogens (tertiary/aromatic N) is 8.